The van der Waals surface area contributed by atoms with Crippen molar-refractivity contribution in [2.24, 2.45) is 5.73 Å². The molecule has 5 N–H and O–H groups in total. The Bertz CT molecular complexity index is 1190. The van der Waals surface area contributed by atoms with Crippen LogP contribution in [0.1, 0.15) is 26.5 Å². The number of benzene rings is 2. The number of H-pyrrole nitrogens is 1. The summed E-state index contributed by atoms with van der Waals surface area (Å²) in [5, 5.41) is 8.78. The molecule has 0 spiro atoms. The maximum Gasteiger partial charge on any atom is 0.271 e. The molecule has 0 bridgehead atoms. The van der Waals surface area contributed by atoms with E-state index in [1.807, 2.05) is 0 Å². The van der Waals surface area contributed by atoms with Crippen LogP contribution in [0.2, 0.25) is 0 Å². The number of nitrogens with one attached hydrogen (secondary N) is 3. The predicted molar refractivity (Wildman–Crippen MR) is 103 cm³/mol. The molecule has 29 heavy (non-hydrogen) atoms. The SMILES string of the molecule is Cc1[nH]nc(C(N)=O)c1NC(=O)c1ccc(S(=O)(=O)Nc2ccccc2F)cc1. The van der Waals surface area contributed by atoms with Crippen LogP contribution in [0.4, 0.5) is 15.8 Å². The first kappa shape index (κ1) is 20.0. The topological polar surface area (TPSA) is 147 Å². The fourth-order valence-electron chi connectivity index (χ4n) is 2.48. The number of para-hydroxylation sites is 1. The molecule has 0 fully saturated rings. The van der Waals surface area contributed by atoms with E-state index in [9.17, 15) is 22.4 Å². The number of hydrogen-bond acceptors (Lipinski definition) is 5. The number of carbonyl (C=O) groups excluding carboxylic acids is 2. The zero-order valence-electron chi connectivity index (χ0n) is 15.1. The molecule has 0 aliphatic rings. The molecule has 0 saturated heterocycles. The second-order valence-corrected chi connectivity index (χ2v) is 7.68. The molecular weight excluding hydrogens is 401 g/mol. The number of rotatable bonds is 6. The Morgan fingerprint density at radius 2 is 1.76 bits per heavy atom. The molecule has 3 rings (SSSR count). The van der Waals surface area contributed by atoms with Crippen molar-refractivity contribution in [1.82, 2.24) is 10.2 Å². The largest absolute Gasteiger partial charge is 0.364 e. The molecule has 3 aromatic rings. The Balaban J connectivity index is 1.79. The van der Waals surface area contributed by atoms with Gasteiger partial charge in [0.15, 0.2) is 5.69 Å². The van der Waals surface area contributed by atoms with Gasteiger partial charge in [0, 0.05) is 5.56 Å². The molecule has 2 amide bonds. The smallest absolute Gasteiger partial charge is 0.271 e. The van der Waals surface area contributed by atoms with E-state index in [-0.39, 0.29) is 27.5 Å². The molecule has 0 unspecified atom stereocenters. The molecule has 1 heterocycles. The lowest BCUT2D eigenvalue weighted by Gasteiger charge is -2.10. The summed E-state index contributed by atoms with van der Waals surface area (Å²) in [5.74, 6) is -2.12. The molecule has 0 saturated carbocycles. The molecule has 0 radical (unpaired) electrons. The quantitative estimate of drug-likeness (QED) is 0.484. The number of nitrogens with zero attached hydrogens (tertiary/aromatic N) is 1. The van der Waals surface area contributed by atoms with E-state index in [0.717, 1.165) is 6.07 Å². The number of sulfonamides is 1. The van der Waals surface area contributed by atoms with Crippen molar-refractivity contribution in [2.45, 2.75) is 11.8 Å². The van der Waals surface area contributed by atoms with E-state index < -0.39 is 27.7 Å². The van der Waals surface area contributed by atoms with Gasteiger partial charge in [-0.3, -0.25) is 19.4 Å². The second kappa shape index (κ2) is 7.72. The van der Waals surface area contributed by atoms with Crippen LogP contribution in [-0.2, 0) is 10.0 Å². The van der Waals surface area contributed by atoms with Crippen molar-refractivity contribution < 1.29 is 22.4 Å². The molecule has 2 aromatic carbocycles. The van der Waals surface area contributed by atoms with Crippen LogP contribution >= 0.6 is 0 Å². The Morgan fingerprint density at radius 3 is 2.38 bits per heavy atom. The number of hydrogen-bond donors (Lipinski definition) is 4. The first-order valence-corrected chi connectivity index (χ1v) is 9.71. The summed E-state index contributed by atoms with van der Waals surface area (Å²) < 4.78 is 40.7. The maximum absolute atomic E-state index is 13.7. The summed E-state index contributed by atoms with van der Waals surface area (Å²) in [4.78, 5) is 23.6. The van der Waals surface area contributed by atoms with Crippen molar-refractivity contribution in [3.8, 4) is 0 Å². The Kier molecular flexibility index (Phi) is 5.33. The summed E-state index contributed by atoms with van der Waals surface area (Å²) >= 11 is 0. The Labute approximate surface area is 165 Å². The fourth-order valence-corrected chi connectivity index (χ4v) is 3.55. The molecule has 1 aromatic heterocycles. The third-order valence-corrected chi connectivity index (χ3v) is 5.35. The van der Waals surface area contributed by atoms with Crippen molar-refractivity contribution in [3.05, 3.63) is 71.3 Å². The number of anilines is 2. The third kappa shape index (κ3) is 4.24. The van der Waals surface area contributed by atoms with Gasteiger partial charge in [-0.1, -0.05) is 12.1 Å². The molecule has 11 heteroatoms. The lowest BCUT2D eigenvalue weighted by Crippen LogP contribution is -2.18. The predicted octanol–water partition coefficient (Wildman–Crippen LogP) is 2.01. The van der Waals surface area contributed by atoms with E-state index in [1.54, 1.807) is 6.92 Å². The number of halogens is 1. The van der Waals surface area contributed by atoms with Crippen molar-refractivity contribution in [1.29, 1.82) is 0 Å². The average molecular weight is 417 g/mol. The van der Waals surface area contributed by atoms with Crippen molar-refractivity contribution in [2.75, 3.05) is 10.0 Å². The van der Waals surface area contributed by atoms with Gasteiger partial charge in [-0.25, -0.2) is 12.8 Å². The van der Waals surface area contributed by atoms with E-state index in [4.69, 9.17) is 5.73 Å². The van der Waals surface area contributed by atoms with Crippen LogP contribution in [-0.4, -0.2) is 30.4 Å². The summed E-state index contributed by atoms with van der Waals surface area (Å²) in [6, 6.07) is 10.3. The van der Waals surface area contributed by atoms with Gasteiger partial charge in [-0.2, -0.15) is 5.10 Å². The molecule has 150 valence electrons. The van der Waals surface area contributed by atoms with Gasteiger partial charge in [-0.15, -0.1) is 0 Å². The number of aryl methyl sites for hydroxylation is 1. The van der Waals surface area contributed by atoms with Crippen LogP contribution in [0.3, 0.4) is 0 Å². The van der Waals surface area contributed by atoms with Crippen LogP contribution in [0.15, 0.2) is 53.4 Å². The minimum absolute atomic E-state index is 0.121. The highest BCUT2D eigenvalue weighted by atomic mass is 32.2. The highest BCUT2D eigenvalue weighted by molar-refractivity contribution is 7.92. The third-order valence-electron chi connectivity index (χ3n) is 3.96. The summed E-state index contributed by atoms with van der Waals surface area (Å²) in [6.07, 6.45) is 0. The van der Waals surface area contributed by atoms with Crippen molar-refractivity contribution >= 4 is 33.2 Å². The van der Waals surface area contributed by atoms with Crippen LogP contribution in [0, 0.1) is 12.7 Å². The summed E-state index contributed by atoms with van der Waals surface area (Å²) in [5.41, 5.74) is 5.60. The minimum atomic E-state index is -4.05. The normalized spacial score (nSPS) is 11.1. The van der Waals surface area contributed by atoms with Gasteiger partial charge in [-0.05, 0) is 43.3 Å². The van der Waals surface area contributed by atoms with Gasteiger partial charge in [0.1, 0.15) is 5.82 Å². The number of primary amides is 1. The molecule has 0 aliphatic carbocycles. The van der Waals surface area contributed by atoms with E-state index in [1.165, 1.54) is 42.5 Å². The van der Waals surface area contributed by atoms with Gasteiger partial charge in [0.25, 0.3) is 21.8 Å². The number of carbonyl (C=O) groups is 2. The first-order chi connectivity index (χ1) is 13.7. The van der Waals surface area contributed by atoms with Gasteiger partial charge < -0.3 is 11.1 Å². The average Bonchev–Trinajstić information content (AvgIpc) is 3.04. The summed E-state index contributed by atoms with van der Waals surface area (Å²) in [7, 11) is -4.05. The van der Waals surface area contributed by atoms with Gasteiger partial charge in [0.05, 0.1) is 22.0 Å². The molecule has 0 aliphatic heterocycles. The van der Waals surface area contributed by atoms with Gasteiger partial charge >= 0.3 is 0 Å². The number of aromatic nitrogens is 2. The zero-order chi connectivity index (χ0) is 21.2. The lowest BCUT2D eigenvalue weighted by molar-refractivity contribution is 0.0996. The van der Waals surface area contributed by atoms with Crippen LogP contribution in [0.5, 0.6) is 0 Å². The minimum Gasteiger partial charge on any atom is -0.364 e. The van der Waals surface area contributed by atoms with Crippen molar-refractivity contribution in [3.63, 3.8) is 0 Å². The molecule has 0 atom stereocenters. The zero-order valence-corrected chi connectivity index (χ0v) is 15.9. The van der Waals surface area contributed by atoms with Gasteiger partial charge in [0.2, 0.25) is 0 Å². The Morgan fingerprint density at radius 1 is 1.10 bits per heavy atom. The summed E-state index contributed by atoms with van der Waals surface area (Å²) in [6.45, 7) is 1.60. The first-order valence-electron chi connectivity index (χ1n) is 8.22. The standard InChI is InChI=1S/C18H16FN5O4S/c1-10-15(16(17(20)25)23-22-10)21-18(26)11-6-8-12(9-7-11)29(27,28)24-14-5-3-2-4-13(14)19/h2-9,24H,1H3,(H2,20,25)(H,21,26)(H,22,23). The van der Waals surface area contributed by atoms with Crippen LogP contribution in [0.25, 0.3) is 0 Å². The second-order valence-electron chi connectivity index (χ2n) is 6.00. The molecule has 9 nitrogen and oxygen atoms in total. The number of amides is 2. The number of nitrogens with two attached hydrogens (primary N) is 1. The molecular formula is C18H16FN5O4S. The van der Waals surface area contributed by atoms with Crippen LogP contribution < -0.4 is 15.8 Å². The highest BCUT2D eigenvalue weighted by Crippen LogP contribution is 2.21. The Hall–Kier alpha value is -3.73. The number of aromatic amines is 1. The maximum atomic E-state index is 13.7. The monoisotopic (exact) mass is 417 g/mol. The fraction of sp³-hybridized carbons (Fsp3) is 0.0556. The van der Waals surface area contributed by atoms with E-state index in [0.29, 0.717) is 5.69 Å². The highest BCUT2D eigenvalue weighted by Gasteiger charge is 2.20. The van der Waals surface area contributed by atoms with E-state index in [2.05, 4.69) is 20.2 Å². The lowest BCUT2D eigenvalue weighted by atomic mass is 10.2. The van der Waals surface area contributed by atoms with E-state index >= 15 is 0 Å².